The van der Waals surface area contributed by atoms with Crippen molar-refractivity contribution in [2.75, 3.05) is 32.8 Å². The fourth-order valence-corrected chi connectivity index (χ4v) is 2.21. The molecule has 0 bridgehead atoms. The van der Waals surface area contributed by atoms with Crippen LogP contribution in [0.1, 0.15) is 26.7 Å². The minimum atomic E-state index is -0.903. The predicted molar refractivity (Wildman–Crippen MR) is 70.9 cm³/mol. The summed E-state index contributed by atoms with van der Waals surface area (Å²) in [5, 5.41) is 11.8. The molecule has 1 heterocycles. The molecule has 6 nitrogen and oxygen atoms in total. The van der Waals surface area contributed by atoms with E-state index in [1.165, 1.54) is 0 Å². The Bertz CT molecular complexity index is 301. The van der Waals surface area contributed by atoms with Gasteiger partial charge >= 0.3 is 5.97 Å². The van der Waals surface area contributed by atoms with Crippen LogP contribution < -0.4 is 5.32 Å². The molecule has 0 aliphatic carbocycles. The van der Waals surface area contributed by atoms with Crippen LogP contribution in [0.25, 0.3) is 0 Å². The van der Waals surface area contributed by atoms with E-state index < -0.39 is 5.97 Å². The molecule has 0 aromatic rings. The van der Waals surface area contributed by atoms with E-state index in [-0.39, 0.29) is 25.0 Å². The highest BCUT2D eigenvalue weighted by Crippen LogP contribution is 2.06. The second-order valence-electron chi connectivity index (χ2n) is 5.41. The van der Waals surface area contributed by atoms with Crippen molar-refractivity contribution in [2.24, 2.45) is 5.92 Å². The largest absolute Gasteiger partial charge is 0.480 e. The molecule has 2 N–H and O–H groups in total. The van der Waals surface area contributed by atoms with E-state index in [2.05, 4.69) is 5.32 Å². The van der Waals surface area contributed by atoms with Gasteiger partial charge in [-0.3, -0.25) is 14.5 Å². The average molecular weight is 272 g/mol. The molecular formula is C13H24N2O4. The van der Waals surface area contributed by atoms with E-state index in [1.54, 1.807) is 4.90 Å². The van der Waals surface area contributed by atoms with E-state index in [0.717, 1.165) is 12.8 Å². The summed E-state index contributed by atoms with van der Waals surface area (Å²) in [4.78, 5) is 24.3. The number of carbonyl (C=O) groups excluding carboxylic acids is 1. The Hall–Kier alpha value is -1.14. The third kappa shape index (κ3) is 7.12. The van der Waals surface area contributed by atoms with Gasteiger partial charge in [0.15, 0.2) is 0 Å². The molecule has 0 aromatic carbocycles. The number of hydrogen-bond acceptors (Lipinski definition) is 4. The molecule has 1 aliphatic rings. The number of rotatable bonds is 7. The highest BCUT2D eigenvalue weighted by Gasteiger charge is 2.19. The molecule has 1 amide bonds. The number of amides is 1. The van der Waals surface area contributed by atoms with Crippen molar-refractivity contribution in [3.8, 4) is 0 Å². The first-order chi connectivity index (χ1) is 8.97. The zero-order valence-corrected chi connectivity index (χ0v) is 11.7. The summed E-state index contributed by atoms with van der Waals surface area (Å²) in [6.45, 7) is 6.01. The number of carbonyl (C=O) groups is 2. The first-order valence-electron chi connectivity index (χ1n) is 6.78. The van der Waals surface area contributed by atoms with Gasteiger partial charge in [0, 0.05) is 25.8 Å². The standard InChI is InChI=1S/C13H24N2O4/c1-10(2)7-15(9-13(17)18)8-12(16)14-11-3-5-19-6-4-11/h10-11H,3-9H2,1-2H3,(H,14,16)(H,17,18). The number of ether oxygens (including phenoxy) is 1. The number of carboxylic acid groups (broad SMARTS) is 1. The summed E-state index contributed by atoms with van der Waals surface area (Å²) in [6.07, 6.45) is 1.66. The third-order valence-corrected chi connectivity index (χ3v) is 2.94. The fourth-order valence-electron chi connectivity index (χ4n) is 2.21. The van der Waals surface area contributed by atoms with Gasteiger partial charge in [-0.05, 0) is 18.8 Å². The van der Waals surface area contributed by atoms with Crippen LogP contribution >= 0.6 is 0 Å². The lowest BCUT2D eigenvalue weighted by atomic mass is 10.1. The van der Waals surface area contributed by atoms with Crippen LogP contribution in [0, 0.1) is 5.92 Å². The summed E-state index contributed by atoms with van der Waals surface area (Å²) in [5.74, 6) is -0.677. The van der Waals surface area contributed by atoms with Gasteiger partial charge in [0.05, 0.1) is 13.1 Å². The van der Waals surface area contributed by atoms with Crippen molar-refractivity contribution in [2.45, 2.75) is 32.7 Å². The van der Waals surface area contributed by atoms with Gasteiger partial charge in [0.1, 0.15) is 0 Å². The minimum Gasteiger partial charge on any atom is -0.480 e. The van der Waals surface area contributed by atoms with Gasteiger partial charge in [0.2, 0.25) is 5.91 Å². The highest BCUT2D eigenvalue weighted by atomic mass is 16.5. The third-order valence-electron chi connectivity index (χ3n) is 2.94. The van der Waals surface area contributed by atoms with E-state index in [0.29, 0.717) is 25.7 Å². The summed E-state index contributed by atoms with van der Waals surface area (Å²) >= 11 is 0. The molecule has 0 aromatic heterocycles. The smallest absolute Gasteiger partial charge is 0.317 e. The Balaban J connectivity index is 2.38. The quantitative estimate of drug-likeness (QED) is 0.698. The molecule has 0 radical (unpaired) electrons. The summed E-state index contributed by atoms with van der Waals surface area (Å²) in [7, 11) is 0. The van der Waals surface area contributed by atoms with Crippen molar-refractivity contribution in [3.63, 3.8) is 0 Å². The Kier molecular flexibility index (Phi) is 6.80. The molecule has 1 rings (SSSR count). The van der Waals surface area contributed by atoms with Gasteiger partial charge in [-0.25, -0.2) is 0 Å². The van der Waals surface area contributed by atoms with Gasteiger partial charge in [-0.2, -0.15) is 0 Å². The van der Waals surface area contributed by atoms with E-state index in [1.807, 2.05) is 13.8 Å². The average Bonchev–Trinajstić information content (AvgIpc) is 2.27. The molecule has 0 atom stereocenters. The molecule has 6 heteroatoms. The van der Waals surface area contributed by atoms with Crippen molar-refractivity contribution in [1.82, 2.24) is 10.2 Å². The maximum atomic E-state index is 11.9. The number of carboxylic acids is 1. The van der Waals surface area contributed by atoms with Gasteiger partial charge in [-0.1, -0.05) is 13.8 Å². The van der Waals surface area contributed by atoms with Crippen molar-refractivity contribution >= 4 is 11.9 Å². The Morgan fingerprint density at radius 3 is 2.47 bits per heavy atom. The van der Waals surface area contributed by atoms with Crippen LogP contribution in [0.5, 0.6) is 0 Å². The fraction of sp³-hybridized carbons (Fsp3) is 0.846. The first-order valence-corrected chi connectivity index (χ1v) is 6.78. The molecule has 0 unspecified atom stereocenters. The zero-order chi connectivity index (χ0) is 14.3. The molecule has 110 valence electrons. The van der Waals surface area contributed by atoms with Gasteiger partial charge < -0.3 is 15.2 Å². The number of aliphatic carboxylic acids is 1. The van der Waals surface area contributed by atoms with Crippen LogP contribution in [0.3, 0.4) is 0 Å². The Labute approximate surface area is 114 Å². The number of nitrogens with zero attached hydrogens (tertiary/aromatic N) is 1. The molecule has 0 spiro atoms. The van der Waals surface area contributed by atoms with E-state index in [9.17, 15) is 9.59 Å². The van der Waals surface area contributed by atoms with Crippen LogP contribution in [0.4, 0.5) is 0 Å². The zero-order valence-electron chi connectivity index (χ0n) is 11.7. The Morgan fingerprint density at radius 1 is 1.32 bits per heavy atom. The SMILES string of the molecule is CC(C)CN(CC(=O)O)CC(=O)NC1CCOCC1. The second-order valence-corrected chi connectivity index (χ2v) is 5.41. The number of nitrogens with one attached hydrogen (secondary N) is 1. The predicted octanol–water partition coefficient (Wildman–Crippen LogP) is 0.324. The van der Waals surface area contributed by atoms with Gasteiger partial charge in [-0.15, -0.1) is 0 Å². The van der Waals surface area contributed by atoms with Crippen LogP contribution in [0.2, 0.25) is 0 Å². The monoisotopic (exact) mass is 272 g/mol. The molecule has 1 aliphatic heterocycles. The van der Waals surface area contributed by atoms with E-state index in [4.69, 9.17) is 9.84 Å². The first kappa shape index (κ1) is 15.9. The van der Waals surface area contributed by atoms with Gasteiger partial charge in [0.25, 0.3) is 0 Å². The highest BCUT2D eigenvalue weighted by molar-refractivity contribution is 5.79. The molecule has 19 heavy (non-hydrogen) atoms. The molecule has 0 saturated carbocycles. The lowest BCUT2D eigenvalue weighted by Gasteiger charge is -2.26. The summed E-state index contributed by atoms with van der Waals surface area (Å²) in [6, 6.07) is 0.159. The van der Waals surface area contributed by atoms with E-state index >= 15 is 0 Å². The van der Waals surface area contributed by atoms with Crippen LogP contribution in [-0.2, 0) is 14.3 Å². The second kappa shape index (κ2) is 8.12. The molecule has 1 saturated heterocycles. The van der Waals surface area contributed by atoms with Crippen molar-refractivity contribution in [3.05, 3.63) is 0 Å². The number of hydrogen-bond donors (Lipinski definition) is 2. The minimum absolute atomic E-state index is 0.0978. The lowest BCUT2D eigenvalue weighted by Crippen LogP contribution is -2.46. The Morgan fingerprint density at radius 2 is 1.95 bits per heavy atom. The summed E-state index contributed by atoms with van der Waals surface area (Å²) in [5.41, 5.74) is 0. The molecule has 1 fully saturated rings. The van der Waals surface area contributed by atoms with Crippen LogP contribution in [-0.4, -0.2) is 60.8 Å². The lowest BCUT2D eigenvalue weighted by molar-refractivity contribution is -0.138. The molecular weight excluding hydrogens is 248 g/mol. The summed E-state index contributed by atoms with van der Waals surface area (Å²) < 4.78 is 5.23. The maximum absolute atomic E-state index is 11.9. The normalized spacial score (nSPS) is 16.8. The topological polar surface area (TPSA) is 78.9 Å². The maximum Gasteiger partial charge on any atom is 0.317 e. The van der Waals surface area contributed by atoms with Crippen LogP contribution in [0.15, 0.2) is 0 Å². The van der Waals surface area contributed by atoms with Crippen molar-refractivity contribution in [1.29, 1.82) is 0 Å². The van der Waals surface area contributed by atoms with Crippen molar-refractivity contribution < 1.29 is 19.4 Å².